The molecule has 2 aromatic rings. The second-order valence-corrected chi connectivity index (χ2v) is 5.40. The molecule has 0 N–H and O–H groups in total. The lowest BCUT2D eigenvalue weighted by Crippen LogP contribution is -2.04. The fourth-order valence-electron chi connectivity index (χ4n) is 1.86. The zero-order chi connectivity index (χ0) is 14.7. The lowest BCUT2D eigenvalue weighted by atomic mass is 10.2. The highest BCUT2D eigenvalue weighted by Gasteiger charge is 2.14. The van der Waals surface area contributed by atoms with E-state index in [0.29, 0.717) is 22.9 Å². The van der Waals surface area contributed by atoms with Gasteiger partial charge in [-0.3, -0.25) is 4.68 Å². The molecule has 1 aromatic carbocycles. The van der Waals surface area contributed by atoms with Crippen LogP contribution in [0.5, 0.6) is 5.75 Å². The Morgan fingerprint density at radius 1 is 1.50 bits per heavy atom. The summed E-state index contributed by atoms with van der Waals surface area (Å²) in [7, 11) is 1.87. The normalized spacial score (nSPS) is 10.3. The molecule has 0 aliphatic rings. The van der Waals surface area contributed by atoms with Crippen molar-refractivity contribution in [2.75, 3.05) is 0 Å². The average Bonchev–Trinajstić information content (AvgIpc) is 2.71. The first kappa shape index (κ1) is 14.9. The standard InChI is InChI=1S/C14H13BrClN3O/c1-3-11-14(15)12(19(2)18-11)8-20-13-6-4-5-10(16)9(13)7-17/h4-6H,3,8H2,1-2H3. The van der Waals surface area contributed by atoms with Gasteiger partial charge >= 0.3 is 0 Å². The Balaban J connectivity index is 2.24. The van der Waals surface area contributed by atoms with Gasteiger partial charge in [-0.2, -0.15) is 10.4 Å². The molecule has 0 unspecified atom stereocenters. The fourth-order valence-corrected chi connectivity index (χ4v) is 2.79. The zero-order valence-electron chi connectivity index (χ0n) is 11.2. The van der Waals surface area contributed by atoms with Crippen molar-refractivity contribution in [3.63, 3.8) is 0 Å². The maximum Gasteiger partial charge on any atom is 0.139 e. The van der Waals surface area contributed by atoms with Crippen LogP contribution in [0.25, 0.3) is 0 Å². The van der Waals surface area contributed by atoms with E-state index >= 15 is 0 Å². The largest absolute Gasteiger partial charge is 0.486 e. The van der Waals surface area contributed by atoms with Crippen molar-refractivity contribution in [1.29, 1.82) is 5.26 Å². The highest BCUT2D eigenvalue weighted by atomic mass is 79.9. The maximum atomic E-state index is 9.11. The van der Waals surface area contributed by atoms with E-state index in [2.05, 4.69) is 27.1 Å². The van der Waals surface area contributed by atoms with Gasteiger partial charge in [0.2, 0.25) is 0 Å². The van der Waals surface area contributed by atoms with Gasteiger partial charge in [0.25, 0.3) is 0 Å². The highest BCUT2D eigenvalue weighted by Crippen LogP contribution is 2.28. The van der Waals surface area contributed by atoms with E-state index in [1.54, 1.807) is 22.9 Å². The Bertz CT molecular complexity index is 676. The summed E-state index contributed by atoms with van der Waals surface area (Å²) in [5.41, 5.74) is 2.26. The maximum absolute atomic E-state index is 9.11. The third-order valence-electron chi connectivity index (χ3n) is 2.95. The number of hydrogen-bond acceptors (Lipinski definition) is 3. The van der Waals surface area contributed by atoms with Crippen LogP contribution in [0.1, 0.15) is 23.9 Å². The van der Waals surface area contributed by atoms with Crippen LogP contribution in [0.15, 0.2) is 22.7 Å². The van der Waals surface area contributed by atoms with Crippen LogP contribution in [0.3, 0.4) is 0 Å². The molecule has 20 heavy (non-hydrogen) atoms. The molecule has 0 spiro atoms. The highest BCUT2D eigenvalue weighted by molar-refractivity contribution is 9.10. The molecule has 0 fully saturated rings. The van der Waals surface area contributed by atoms with E-state index in [9.17, 15) is 0 Å². The molecule has 2 rings (SSSR count). The minimum atomic E-state index is 0.319. The van der Waals surface area contributed by atoms with Crippen molar-refractivity contribution in [2.45, 2.75) is 20.0 Å². The van der Waals surface area contributed by atoms with Crippen LogP contribution in [-0.2, 0) is 20.1 Å². The van der Waals surface area contributed by atoms with E-state index in [0.717, 1.165) is 22.3 Å². The predicted molar refractivity (Wildman–Crippen MR) is 80.8 cm³/mol. The molecule has 0 bridgehead atoms. The summed E-state index contributed by atoms with van der Waals surface area (Å²) < 4.78 is 8.44. The number of nitrogens with zero attached hydrogens (tertiary/aromatic N) is 3. The fraction of sp³-hybridized carbons (Fsp3) is 0.286. The first-order valence-electron chi connectivity index (χ1n) is 6.10. The van der Waals surface area contributed by atoms with Crippen molar-refractivity contribution < 1.29 is 4.74 Å². The van der Waals surface area contributed by atoms with E-state index in [1.807, 2.05) is 14.0 Å². The summed E-state index contributed by atoms with van der Waals surface area (Å²) in [6.45, 7) is 2.36. The molecule has 0 saturated heterocycles. The number of halogens is 2. The van der Waals surface area contributed by atoms with Gasteiger partial charge in [-0.25, -0.2) is 0 Å². The number of ether oxygens (including phenoxy) is 1. The Morgan fingerprint density at radius 2 is 2.25 bits per heavy atom. The predicted octanol–water partition coefficient (Wildman–Crippen LogP) is 3.85. The summed E-state index contributed by atoms with van der Waals surface area (Å²) in [6.07, 6.45) is 0.842. The number of rotatable bonds is 4. The molecule has 1 heterocycles. The van der Waals surface area contributed by atoms with Crippen LogP contribution in [0, 0.1) is 11.3 Å². The average molecular weight is 355 g/mol. The van der Waals surface area contributed by atoms with Crippen LogP contribution < -0.4 is 4.74 Å². The molecular weight excluding hydrogens is 342 g/mol. The summed E-state index contributed by atoms with van der Waals surface area (Å²) in [4.78, 5) is 0. The van der Waals surface area contributed by atoms with Crippen molar-refractivity contribution in [1.82, 2.24) is 9.78 Å². The van der Waals surface area contributed by atoms with Gasteiger partial charge in [0.15, 0.2) is 0 Å². The molecule has 0 aliphatic carbocycles. The molecule has 0 saturated carbocycles. The van der Waals surface area contributed by atoms with E-state index in [4.69, 9.17) is 21.6 Å². The topological polar surface area (TPSA) is 50.8 Å². The van der Waals surface area contributed by atoms with Crippen molar-refractivity contribution in [3.8, 4) is 11.8 Å². The third kappa shape index (κ3) is 2.82. The molecule has 0 atom stereocenters. The zero-order valence-corrected chi connectivity index (χ0v) is 13.5. The molecule has 0 radical (unpaired) electrons. The Labute approximate surface area is 131 Å². The van der Waals surface area contributed by atoms with E-state index in [-0.39, 0.29) is 0 Å². The summed E-state index contributed by atoms with van der Waals surface area (Å²) in [5.74, 6) is 0.478. The van der Waals surface area contributed by atoms with E-state index < -0.39 is 0 Å². The van der Waals surface area contributed by atoms with Crippen LogP contribution in [-0.4, -0.2) is 9.78 Å². The van der Waals surface area contributed by atoms with Gasteiger partial charge in [-0.15, -0.1) is 0 Å². The minimum absolute atomic E-state index is 0.319. The summed E-state index contributed by atoms with van der Waals surface area (Å²) >= 11 is 9.50. The third-order valence-corrected chi connectivity index (χ3v) is 4.18. The SMILES string of the molecule is CCc1nn(C)c(COc2cccc(Cl)c2C#N)c1Br. The van der Waals surface area contributed by atoms with Crippen LogP contribution in [0.4, 0.5) is 0 Å². The smallest absolute Gasteiger partial charge is 0.139 e. The van der Waals surface area contributed by atoms with Crippen molar-refractivity contribution in [3.05, 3.63) is 44.6 Å². The molecule has 1 aromatic heterocycles. The second-order valence-electron chi connectivity index (χ2n) is 4.20. The van der Waals surface area contributed by atoms with E-state index in [1.165, 1.54) is 0 Å². The molecule has 6 heteroatoms. The number of hydrogen-bond donors (Lipinski definition) is 0. The Morgan fingerprint density at radius 3 is 2.85 bits per heavy atom. The molecule has 4 nitrogen and oxygen atoms in total. The first-order valence-corrected chi connectivity index (χ1v) is 7.27. The van der Waals surface area contributed by atoms with Gasteiger partial charge in [-0.05, 0) is 34.5 Å². The number of aryl methyl sites for hydroxylation is 2. The van der Waals surface area contributed by atoms with Crippen molar-refractivity contribution in [2.24, 2.45) is 7.05 Å². The Kier molecular flexibility index (Phi) is 4.69. The summed E-state index contributed by atoms with van der Waals surface area (Å²) in [5, 5.41) is 13.9. The monoisotopic (exact) mass is 353 g/mol. The van der Waals surface area contributed by atoms with Gasteiger partial charge < -0.3 is 4.74 Å². The lowest BCUT2D eigenvalue weighted by molar-refractivity contribution is 0.293. The first-order chi connectivity index (χ1) is 9.58. The van der Waals surface area contributed by atoms with Crippen LogP contribution in [0.2, 0.25) is 5.02 Å². The molecular formula is C14H13BrClN3O. The van der Waals surface area contributed by atoms with Gasteiger partial charge in [0.1, 0.15) is 24.0 Å². The minimum Gasteiger partial charge on any atom is -0.486 e. The number of benzene rings is 1. The summed E-state index contributed by atoms with van der Waals surface area (Å²) in [6, 6.07) is 7.21. The molecule has 0 aliphatic heterocycles. The van der Waals surface area contributed by atoms with Gasteiger partial charge in [-0.1, -0.05) is 24.6 Å². The van der Waals surface area contributed by atoms with Crippen LogP contribution >= 0.6 is 27.5 Å². The molecule has 104 valence electrons. The van der Waals surface area contributed by atoms with Gasteiger partial charge in [0.05, 0.1) is 20.9 Å². The van der Waals surface area contributed by atoms with Crippen molar-refractivity contribution >= 4 is 27.5 Å². The van der Waals surface area contributed by atoms with Gasteiger partial charge in [0, 0.05) is 7.05 Å². The lowest BCUT2D eigenvalue weighted by Gasteiger charge is -2.09. The number of aromatic nitrogens is 2. The quantitative estimate of drug-likeness (QED) is 0.838. The second kappa shape index (κ2) is 6.29. The number of nitriles is 1. The molecule has 0 amide bonds. The Hall–Kier alpha value is -1.51.